The van der Waals surface area contributed by atoms with E-state index in [1.54, 1.807) is 0 Å². The van der Waals surface area contributed by atoms with Crippen LogP contribution in [0.4, 0.5) is 0 Å². The van der Waals surface area contributed by atoms with Crippen molar-refractivity contribution in [1.29, 1.82) is 5.26 Å². The molecule has 0 radical (unpaired) electrons. The van der Waals surface area contributed by atoms with Crippen molar-refractivity contribution in [3.8, 4) is 6.07 Å². The Morgan fingerprint density at radius 3 is 2.55 bits per heavy atom. The molecule has 3 nitrogen and oxygen atoms in total. The monoisotopic (exact) mass is 431 g/mol. The number of allylic oxidation sites excluding steroid dienone is 1. The van der Waals surface area contributed by atoms with Gasteiger partial charge >= 0.3 is 0 Å². The third-order valence-electron chi connectivity index (χ3n) is 6.86. The van der Waals surface area contributed by atoms with Gasteiger partial charge in [-0.3, -0.25) is 0 Å². The lowest BCUT2D eigenvalue weighted by Gasteiger charge is -2.15. The van der Waals surface area contributed by atoms with E-state index in [4.69, 9.17) is 4.98 Å². The fourth-order valence-electron chi connectivity index (χ4n) is 5.30. The molecule has 1 heterocycles. The van der Waals surface area contributed by atoms with Crippen LogP contribution in [0.5, 0.6) is 0 Å². The van der Waals surface area contributed by atoms with E-state index in [2.05, 4.69) is 86.0 Å². The largest absolute Gasteiger partial charge is 0.323 e. The summed E-state index contributed by atoms with van der Waals surface area (Å²) in [5.74, 6) is 1.13. The van der Waals surface area contributed by atoms with Crippen molar-refractivity contribution in [3.05, 3.63) is 105 Å². The molecule has 0 aliphatic heterocycles. The van der Waals surface area contributed by atoms with Gasteiger partial charge in [0.15, 0.2) is 0 Å². The summed E-state index contributed by atoms with van der Waals surface area (Å²) in [6.45, 7) is 9.22. The molecule has 3 heteroatoms. The number of hydrogen-bond donors (Lipinski definition) is 0. The van der Waals surface area contributed by atoms with E-state index >= 15 is 0 Å². The summed E-state index contributed by atoms with van der Waals surface area (Å²) in [4.78, 5) is 4.96. The average molecular weight is 432 g/mol. The lowest BCUT2D eigenvalue weighted by Crippen LogP contribution is -2.06. The number of fused-ring (bicyclic) bond motifs is 3. The second kappa shape index (κ2) is 8.37. The van der Waals surface area contributed by atoms with Crippen LogP contribution in [0.3, 0.4) is 0 Å². The van der Waals surface area contributed by atoms with Crippen molar-refractivity contribution >= 4 is 16.6 Å². The zero-order valence-electron chi connectivity index (χ0n) is 19.9. The predicted octanol–water partition coefficient (Wildman–Crippen LogP) is 6.71. The topological polar surface area (TPSA) is 41.6 Å². The quantitative estimate of drug-likeness (QED) is 0.338. The Hall–Kier alpha value is -3.64. The number of nitrogens with zero attached hydrogens (tertiary/aromatic N) is 3. The fourth-order valence-corrected chi connectivity index (χ4v) is 5.30. The normalized spacial score (nSPS) is 14.4. The first kappa shape index (κ1) is 21.2. The third kappa shape index (κ3) is 3.66. The minimum Gasteiger partial charge on any atom is -0.323 e. The standard InChI is InChI=1S/C30H29N3/c1-5-28-32-30-20(3)14-19(2)15-27(30)33(28)18-22-10-13-26-24(16-22)12-11-23-8-6-7-9-25(23)29(26)21(4)17-31/h6-10,13-16H,5,11-12,18H2,1-4H3. The minimum atomic E-state index is 0.776. The maximum Gasteiger partial charge on any atom is 0.109 e. The van der Waals surface area contributed by atoms with Crippen molar-refractivity contribution in [1.82, 2.24) is 9.55 Å². The number of aromatic nitrogens is 2. The van der Waals surface area contributed by atoms with Crippen molar-refractivity contribution < 1.29 is 0 Å². The molecule has 1 aliphatic carbocycles. The van der Waals surface area contributed by atoms with Crippen molar-refractivity contribution in [3.63, 3.8) is 0 Å². The molecule has 0 saturated carbocycles. The van der Waals surface area contributed by atoms with Crippen LogP contribution in [0.25, 0.3) is 16.6 Å². The van der Waals surface area contributed by atoms with Crippen LogP contribution in [0.1, 0.15) is 58.6 Å². The lowest BCUT2D eigenvalue weighted by molar-refractivity contribution is 0.751. The molecule has 164 valence electrons. The van der Waals surface area contributed by atoms with Gasteiger partial charge in [0, 0.05) is 24.1 Å². The van der Waals surface area contributed by atoms with Gasteiger partial charge in [-0.15, -0.1) is 0 Å². The van der Waals surface area contributed by atoms with E-state index in [9.17, 15) is 5.26 Å². The molecule has 0 atom stereocenters. The molecular weight excluding hydrogens is 402 g/mol. The second-order valence-corrected chi connectivity index (χ2v) is 9.18. The van der Waals surface area contributed by atoms with Crippen LogP contribution in [0, 0.1) is 25.2 Å². The lowest BCUT2D eigenvalue weighted by atomic mass is 9.90. The molecule has 4 aromatic rings. The number of aryl methyl sites for hydroxylation is 5. The van der Waals surface area contributed by atoms with Gasteiger partial charge in [-0.1, -0.05) is 55.5 Å². The Kier molecular flexibility index (Phi) is 5.38. The molecule has 0 unspecified atom stereocenters. The maximum atomic E-state index is 9.74. The molecule has 0 saturated heterocycles. The van der Waals surface area contributed by atoms with Gasteiger partial charge in [0.25, 0.3) is 0 Å². The smallest absolute Gasteiger partial charge is 0.109 e. The van der Waals surface area contributed by atoms with Gasteiger partial charge in [0.05, 0.1) is 17.1 Å². The van der Waals surface area contributed by atoms with E-state index in [1.165, 1.54) is 44.5 Å². The molecule has 0 bridgehead atoms. The summed E-state index contributed by atoms with van der Waals surface area (Å²) in [7, 11) is 0. The van der Waals surface area contributed by atoms with Crippen LogP contribution in [-0.4, -0.2) is 9.55 Å². The Bertz CT molecular complexity index is 1460. The van der Waals surface area contributed by atoms with Gasteiger partial charge in [-0.2, -0.15) is 5.26 Å². The molecule has 0 spiro atoms. The van der Waals surface area contributed by atoms with E-state index in [0.717, 1.165) is 48.3 Å². The number of nitriles is 1. The summed E-state index contributed by atoms with van der Waals surface area (Å²) in [6, 6.07) is 22.2. The van der Waals surface area contributed by atoms with Crippen molar-refractivity contribution in [2.24, 2.45) is 0 Å². The number of benzene rings is 3. The summed E-state index contributed by atoms with van der Waals surface area (Å²) in [6.07, 6.45) is 2.87. The number of rotatable bonds is 3. The molecule has 33 heavy (non-hydrogen) atoms. The Morgan fingerprint density at radius 2 is 1.76 bits per heavy atom. The molecule has 0 N–H and O–H groups in total. The van der Waals surface area contributed by atoms with Crippen molar-refractivity contribution in [2.75, 3.05) is 0 Å². The van der Waals surface area contributed by atoms with Crippen LogP contribution in [-0.2, 0) is 25.8 Å². The van der Waals surface area contributed by atoms with Crippen LogP contribution >= 0.6 is 0 Å². The highest BCUT2D eigenvalue weighted by atomic mass is 15.1. The van der Waals surface area contributed by atoms with Gasteiger partial charge in [-0.05, 0) is 78.6 Å². The highest BCUT2D eigenvalue weighted by molar-refractivity contribution is 5.87. The molecule has 0 amide bonds. The molecule has 1 aliphatic rings. The predicted molar refractivity (Wildman–Crippen MR) is 135 cm³/mol. The Balaban J connectivity index is 1.62. The first-order valence-corrected chi connectivity index (χ1v) is 11.8. The first-order chi connectivity index (χ1) is 16.0. The van der Waals surface area contributed by atoms with Crippen molar-refractivity contribution in [2.45, 2.75) is 53.5 Å². The zero-order valence-corrected chi connectivity index (χ0v) is 19.9. The highest BCUT2D eigenvalue weighted by Crippen LogP contribution is 2.36. The van der Waals surface area contributed by atoms with Crippen LogP contribution in [0.15, 0.2) is 60.2 Å². The third-order valence-corrected chi connectivity index (χ3v) is 6.86. The number of hydrogen-bond acceptors (Lipinski definition) is 2. The zero-order chi connectivity index (χ0) is 23.1. The fraction of sp³-hybridized carbons (Fsp3) is 0.267. The average Bonchev–Trinajstić information content (AvgIpc) is 3.07. The first-order valence-electron chi connectivity index (χ1n) is 11.8. The molecule has 0 fully saturated rings. The molecule has 1 aromatic heterocycles. The molecule has 3 aromatic carbocycles. The minimum absolute atomic E-state index is 0.776. The van der Waals surface area contributed by atoms with Gasteiger partial charge in [-0.25, -0.2) is 4.98 Å². The Labute approximate surface area is 196 Å². The second-order valence-electron chi connectivity index (χ2n) is 9.18. The van der Waals surface area contributed by atoms with Crippen LogP contribution in [0.2, 0.25) is 0 Å². The van der Waals surface area contributed by atoms with Gasteiger partial charge < -0.3 is 4.57 Å². The maximum absolute atomic E-state index is 9.74. The number of imidazole rings is 1. The van der Waals surface area contributed by atoms with Gasteiger partial charge in [0.2, 0.25) is 0 Å². The van der Waals surface area contributed by atoms with E-state index in [-0.39, 0.29) is 0 Å². The molecule has 5 rings (SSSR count). The summed E-state index contributed by atoms with van der Waals surface area (Å²) in [5, 5.41) is 9.74. The summed E-state index contributed by atoms with van der Waals surface area (Å²) < 4.78 is 2.37. The highest BCUT2D eigenvalue weighted by Gasteiger charge is 2.21. The van der Waals surface area contributed by atoms with Crippen LogP contribution < -0.4 is 0 Å². The SMILES string of the molecule is CCc1nc2c(C)cc(C)cc2n1Cc1ccc2c(c1)CCc1ccccc1C2=C(C)C#N. The van der Waals surface area contributed by atoms with Gasteiger partial charge in [0.1, 0.15) is 5.82 Å². The van der Waals surface area contributed by atoms with E-state index < -0.39 is 0 Å². The molecular formula is C30H29N3. The van der Waals surface area contributed by atoms with E-state index in [0.29, 0.717) is 0 Å². The van der Waals surface area contributed by atoms with E-state index in [1.807, 2.05) is 6.92 Å². The Morgan fingerprint density at radius 1 is 1.00 bits per heavy atom. The summed E-state index contributed by atoms with van der Waals surface area (Å²) >= 11 is 0. The summed E-state index contributed by atoms with van der Waals surface area (Å²) in [5.41, 5.74) is 13.0.